The largest absolute Gasteiger partial charge is 0.392 e. The summed E-state index contributed by atoms with van der Waals surface area (Å²) in [6, 6.07) is 0. The lowest BCUT2D eigenvalue weighted by Gasteiger charge is -2.57. The van der Waals surface area contributed by atoms with Crippen molar-refractivity contribution in [2.75, 3.05) is 6.61 Å². The molecule has 4 nitrogen and oxygen atoms in total. The van der Waals surface area contributed by atoms with Gasteiger partial charge in [-0.05, 0) is 73.2 Å². The van der Waals surface area contributed by atoms with Gasteiger partial charge in [0.05, 0.1) is 12.0 Å². The minimum atomic E-state index is -0.619. The van der Waals surface area contributed by atoms with Crippen molar-refractivity contribution in [2.45, 2.75) is 64.9 Å². The Balaban J connectivity index is 1.67. The first-order valence-corrected chi connectivity index (χ1v) is 9.87. The molecule has 3 saturated carbocycles. The van der Waals surface area contributed by atoms with E-state index in [1.807, 2.05) is 6.08 Å². The first-order chi connectivity index (χ1) is 11.8. The van der Waals surface area contributed by atoms with Crippen molar-refractivity contribution in [2.24, 2.45) is 34.5 Å². The topological polar surface area (TPSA) is 74.6 Å². The highest BCUT2D eigenvalue weighted by molar-refractivity contribution is 5.91. The molecule has 0 saturated heterocycles. The lowest BCUT2D eigenvalue weighted by Crippen LogP contribution is -2.51. The molecule has 4 aliphatic carbocycles. The fourth-order valence-corrected chi connectivity index (χ4v) is 7.25. The highest BCUT2D eigenvalue weighted by Crippen LogP contribution is 2.66. The second-order valence-corrected chi connectivity index (χ2v) is 9.42. The third-order valence-corrected chi connectivity index (χ3v) is 8.49. The molecule has 4 heteroatoms. The normalized spacial score (nSPS) is 49.0. The fourth-order valence-electron chi connectivity index (χ4n) is 7.25. The van der Waals surface area contributed by atoms with Crippen molar-refractivity contribution < 1.29 is 19.8 Å². The Hall–Kier alpha value is -1.00. The van der Waals surface area contributed by atoms with E-state index in [0.717, 1.165) is 32.1 Å². The summed E-state index contributed by atoms with van der Waals surface area (Å²) in [6.45, 7) is 4.04. The molecule has 25 heavy (non-hydrogen) atoms. The van der Waals surface area contributed by atoms with Crippen LogP contribution in [0.2, 0.25) is 0 Å². The van der Waals surface area contributed by atoms with Crippen LogP contribution >= 0.6 is 0 Å². The maximum atomic E-state index is 12.3. The van der Waals surface area contributed by atoms with E-state index in [2.05, 4.69) is 13.8 Å². The van der Waals surface area contributed by atoms with Gasteiger partial charge in [0.25, 0.3) is 0 Å². The number of hydrogen-bond donors (Lipinski definition) is 2. The highest BCUT2D eigenvalue weighted by Gasteiger charge is 2.62. The summed E-state index contributed by atoms with van der Waals surface area (Å²) in [7, 11) is 0. The van der Waals surface area contributed by atoms with Gasteiger partial charge >= 0.3 is 0 Å². The minimum Gasteiger partial charge on any atom is -0.392 e. The number of aliphatic hydroxyl groups excluding tert-OH is 2. The van der Waals surface area contributed by atoms with Gasteiger partial charge in [0, 0.05) is 6.42 Å². The molecule has 138 valence electrons. The van der Waals surface area contributed by atoms with Crippen molar-refractivity contribution in [3.8, 4) is 0 Å². The van der Waals surface area contributed by atoms with Crippen LogP contribution in [0.3, 0.4) is 0 Å². The molecule has 0 bridgehead atoms. The summed E-state index contributed by atoms with van der Waals surface area (Å²) in [6.07, 6.45) is 7.61. The van der Waals surface area contributed by atoms with Crippen LogP contribution in [0, 0.1) is 34.5 Å². The Labute approximate surface area is 149 Å². The van der Waals surface area contributed by atoms with Gasteiger partial charge < -0.3 is 10.2 Å². The molecular weight excluding hydrogens is 316 g/mol. The maximum Gasteiger partial charge on any atom is 0.164 e. The molecule has 4 rings (SSSR count). The Morgan fingerprint density at radius 3 is 2.68 bits per heavy atom. The van der Waals surface area contributed by atoms with E-state index in [0.29, 0.717) is 30.6 Å². The van der Waals surface area contributed by atoms with Gasteiger partial charge in [0.15, 0.2) is 11.6 Å². The smallest absolute Gasteiger partial charge is 0.164 e. The number of Topliss-reactive ketones (excluding diaryl/α,β-unsaturated/α-hetero) is 1. The number of rotatable bonds is 2. The average molecular weight is 346 g/mol. The zero-order chi connectivity index (χ0) is 18.0. The third kappa shape index (κ3) is 2.33. The predicted molar refractivity (Wildman–Crippen MR) is 93.7 cm³/mol. The van der Waals surface area contributed by atoms with Crippen LogP contribution < -0.4 is 0 Å². The first-order valence-electron chi connectivity index (χ1n) is 9.87. The fraction of sp³-hybridized carbons (Fsp3) is 0.810. The van der Waals surface area contributed by atoms with E-state index in [-0.39, 0.29) is 22.4 Å². The molecular formula is C21H30O4. The molecule has 0 amide bonds. The summed E-state index contributed by atoms with van der Waals surface area (Å²) in [4.78, 5) is 24.2. The maximum absolute atomic E-state index is 12.3. The lowest BCUT2D eigenvalue weighted by atomic mass is 9.46. The predicted octanol–water partition coefficient (Wildman–Crippen LogP) is 2.67. The van der Waals surface area contributed by atoms with Crippen molar-refractivity contribution in [1.82, 2.24) is 0 Å². The van der Waals surface area contributed by atoms with Crippen LogP contribution in [-0.2, 0) is 9.59 Å². The van der Waals surface area contributed by atoms with Gasteiger partial charge in [-0.3, -0.25) is 9.59 Å². The van der Waals surface area contributed by atoms with E-state index in [4.69, 9.17) is 0 Å². The van der Waals surface area contributed by atoms with Gasteiger partial charge in [0.1, 0.15) is 6.61 Å². The Kier molecular flexibility index (Phi) is 4.01. The van der Waals surface area contributed by atoms with E-state index >= 15 is 0 Å². The molecule has 4 aliphatic rings. The monoisotopic (exact) mass is 346 g/mol. The van der Waals surface area contributed by atoms with Gasteiger partial charge in [-0.25, -0.2) is 0 Å². The van der Waals surface area contributed by atoms with E-state index < -0.39 is 18.6 Å². The number of ketones is 2. The Morgan fingerprint density at radius 1 is 1.20 bits per heavy atom. The molecule has 0 aromatic heterocycles. The Bertz CT molecular complexity index is 638. The lowest BCUT2D eigenvalue weighted by molar-refractivity contribution is -0.136. The van der Waals surface area contributed by atoms with Crippen molar-refractivity contribution in [3.63, 3.8) is 0 Å². The summed E-state index contributed by atoms with van der Waals surface area (Å²) in [5.41, 5.74) is 1.26. The zero-order valence-corrected chi connectivity index (χ0v) is 15.3. The van der Waals surface area contributed by atoms with Crippen molar-refractivity contribution in [3.05, 3.63) is 11.6 Å². The molecule has 7 atom stereocenters. The molecule has 1 unspecified atom stereocenters. The van der Waals surface area contributed by atoms with E-state index in [1.54, 1.807) is 0 Å². The number of carbonyl (C=O) groups excluding carboxylic acids is 2. The number of carbonyl (C=O) groups is 2. The minimum absolute atomic E-state index is 0.113. The van der Waals surface area contributed by atoms with E-state index in [9.17, 15) is 19.8 Å². The van der Waals surface area contributed by atoms with E-state index in [1.165, 1.54) is 5.57 Å². The van der Waals surface area contributed by atoms with Crippen LogP contribution in [-0.4, -0.2) is 34.5 Å². The molecule has 0 aromatic rings. The molecule has 2 N–H and O–H groups in total. The van der Waals surface area contributed by atoms with Gasteiger partial charge in [0.2, 0.25) is 0 Å². The van der Waals surface area contributed by atoms with Gasteiger partial charge in [-0.15, -0.1) is 0 Å². The van der Waals surface area contributed by atoms with Crippen LogP contribution in [0.5, 0.6) is 0 Å². The van der Waals surface area contributed by atoms with Crippen molar-refractivity contribution >= 4 is 11.6 Å². The average Bonchev–Trinajstić information content (AvgIpc) is 2.85. The number of hydrogen-bond acceptors (Lipinski definition) is 4. The summed E-state index contributed by atoms with van der Waals surface area (Å²) in [5, 5.41) is 20.0. The number of fused-ring (bicyclic) bond motifs is 5. The first kappa shape index (κ1) is 17.4. The van der Waals surface area contributed by atoms with Crippen LogP contribution in [0.25, 0.3) is 0 Å². The third-order valence-electron chi connectivity index (χ3n) is 8.49. The molecule has 3 fully saturated rings. The highest BCUT2D eigenvalue weighted by atomic mass is 16.3. The summed E-state index contributed by atoms with van der Waals surface area (Å²) in [5.74, 6) is 1.08. The zero-order valence-electron chi connectivity index (χ0n) is 15.3. The van der Waals surface area contributed by atoms with Crippen molar-refractivity contribution in [1.29, 1.82) is 0 Å². The van der Waals surface area contributed by atoms with Gasteiger partial charge in [-0.2, -0.15) is 0 Å². The molecule has 0 aromatic carbocycles. The number of aliphatic hydroxyl groups is 2. The molecule has 0 radical (unpaired) electrons. The summed E-state index contributed by atoms with van der Waals surface area (Å²) < 4.78 is 0. The SMILES string of the molecule is C[C@]12CC[C@H]3[C@@H](CCC4=CC(=O)CC[C@@]43C)[C@@H]1CC(O)[C@@H]2C(=O)CO. The second kappa shape index (κ2) is 5.75. The molecule has 0 spiro atoms. The quantitative estimate of drug-likeness (QED) is 0.806. The number of allylic oxidation sites excluding steroid dienone is 1. The second-order valence-electron chi connectivity index (χ2n) is 9.42. The van der Waals surface area contributed by atoms with Gasteiger partial charge in [-0.1, -0.05) is 19.4 Å². The summed E-state index contributed by atoms with van der Waals surface area (Å²) >= 11 is 0. The van der Waals surface area contributed by atoms with Crippen LogP contribution in [0.1, 0.15) is 58.8 Å². The van der Waals surface area contributed by atoms with Crippen LogP contribution in [0.4, 0.5) is 0 Å². The molecule has 0 heterocycles. The van der Waals surface area contributed by atoms with Crippen LogP contribution in [0.15, 0.2) is 11.6 Å². The Morgan fingerprint density at radius 2 is 1.96 bits per heavy atom. The molecule has 0 aliphatic heterocycles. The standard InChI is InChI=1S/C21H30O4/c1-20-7-5-13(23)9-12(20)3-4-14-15(20)6-8-21(2)16(14)10-17(24)19(21)18(25)11-22/h9,14-17,19,22,24H,3-8,10-11H2,1-2H3/t14-,15+,16+,17?,19-,20+,21+/m1/s1.